The molecule has 0 radical (unpaired) electrons. The van der Waals surface area contributed by atoms with Gasteiger partial charge in [0.2, 0.25) is 6.41 Å². The Morgan fingerprint density at radius 2 is 2.10 bits per heavy atom. The molecule has 3 atom stereocenters. The topological polar surface area (TPSA) is 168 Å². The number of carbonyl (C=O) groups excluding carboxylic acids is 1. The number of rotatable bonds is 3. The molecule has 1 aromatic rings. The predicted octanol–water partition coefficient (Wildman–Crippen LogP) is -3.23. The molecule has 1 aromatic heterocycles. The van der Waals surface area contributed by atoms with Crippen molar-refractivity contribution in [3.63, 3.8) is 0 Å². The van der Waals surface area contributed by atoms with E-state index in [-0.39, 0.29) is 25.0 Å². The molecule has 0 saturated carbocycles. The van der Waals surface area contributed by atoms with Gasteiger partial charge in [-0.25, -0.2) is 4.79 Å². The summed E-state index contributed by atoms with van der Waals surface area (Å²) in [4.78, 5) is 33.5. The van der Waals surface area contributed by atoms with Gasteiger partial charge in [0, 0.05) is 12.6 Å². The van der Waals surface area contributed by atoms with Crippen LogP contribution >= 0.6 is 0 Å². The number of amides is 1. The van der Waals surface area contributed by atoms with Gasteiger partial charge in [-0.1, -0.05) is 0 Å². The molecular formula is C11H17N3O7. The van der Waals surface area contributed by atoms with Crippen LogP contribution in [0.25, 0.3) is 0 Å². The molecular weight excluding hydrogens is 286 g/mol. The molecule has 0 spiro atoms. The second kappa shape index (κ2) is 7.69. The molecule has 0 bridgehead atoms. The molecule has 1 aliphatic heterocycles. The van der Waals surface area contributed by atoms with Crippen LogP contribution < -0.4 is 17.0 Å². The van der Waals surface area contributed by atoms with E-state index < -0.39 is 36.3 Å². The molecule has 118 valence electrons. The van der Waals surface area contributed by atoms with Crippen LogP contribution in [0, 0.1) is 0 Å². The van der Waals surface area contributed by atoms with Crippen LogP contribution in [0.15, 0.2) is 15.8 Å². The van der Waals surface area contributed by atoms with Crippen LogP contribution in [0.5, 0.6) is 0 Å². The van der Waals surface area contributed by atoms with Crippen molar-refractivity contribution in [2.75, 3.05) is 6.61 Å². The summed E-state index contributed by atoms with van der Waals surface area (Å²) < 4.78 is 6.38. The van der Waals surface area contributed by atoms with E-state index in [1.165, 1.54) is 6.20 Å². The average Bonchev–Trinajstić information content (AvgIpc) is 2.81. The maximum absolute atomic E-state index is 11.6. The molecule has 10 nitrogen and oxygen atoms in total. The third kappa shape index (κ3) is 3.98. The number of hydrogen-bond acceptors (Lipinski definition) is 7. The van der Waals surface area contributed by atoms with E-state index in [2.05, 4.69) is 10.7 Å². The largest absolute Gasteiger partial charge is 0.394 e. The molecule has 0 unspecified atom stereocenters. The lowest BCUT2D eigenvalue weighted by molar-refractivity contribution is -0.106. The van der Waals surface area contributed by atoms with Gasteiger partial charge in [0.05, 0.1) is 24.9 Å². The summed E-state index contributed by atoms with van der Waals surface area (Å²) in [6.45, 7) is -0.864. The summed E-state index contributed by atoms with van der Waals surface area (Å²) in [5.41, 5.74) is 2.85. The highest BCUT2D eigenvalue weighted by molar-refractivity contribution is 5.42. The molecule has 0 aliphatic carbocycles. The highest BCUT2D eigenvalue weighted by Crippen LogP contribution is 2.27. The number of aliphatic hydroxyl groups is 3. The van der Waals surface area contributed by atoms with Gasteiger partial charge in [-0.05, 0) is 0 Å². The lowest BCUT2D eigenvalue weighted by Crippen LogP contribution is -2.34. The fourth-order valence-corrected chi connectivity index (χ4v) is 1.90. The SMILES string of the molecule is NC=O.O=c1[nH]c(=O)n([C@H]2C[C@H](O)[C@@H](CO)O2)cc1CO. The first-order valence-electron chi connectivity index (χ1n) is 6.03. The van der Waals surface area contributed by atoms with E-state index in [4.69, 9.17) is 19.7 Å². The molecule has 6 N–H and O–H groups in total. The molecule has 1 amide bonds. The maximum Gasteiger partial charge on any atom is 0.330 e. The number of ether oxygens (including phenoxy) is 1. The summed E-state index contributed by atoms with van der Waals surface area (Å²) in [5, 5.41) is 27.5. The van der Waals surface area contributed by atoms with E-state index in [9.17, 15) is 14.7 Å². The number of aromatic nitrogens is 2. The fraction of sp³-hybridized carbons (Fsp3) is 0.545. The van der Waals surface area contributed by atoms with E-state index in [0.29, 0.717) is 0 Å². The van der Waals surface area contributed by atoms with Gasteiger partial charge in [0.1, 0.15) is 12.3 Å². The fourth-order valence-electron chi connectivity index (χ4n) is 1.90. The van der Waals surface area contributed by atoms with Gasteiger partial charge < -0.3 is 25.8 Å². The van der Waals surface area contributed by atoms with Crippen molar-refractivity contribution in [3.8, 4) is 0 Å². The molecule has 0 aromatic carbocycles. The lowest BCUT2D eigenvalue weighted by Gasteiger charge is -2.14. The smallest absolute Gasteiger partial charge is 0.330 e. The van der Waals surface area contributed by atoms with Crippen LogP contribution in [0.3, 0.4) is 0 Å². The quantitative estimate of drug-likeness (QED) is 0.366. The Morgan fingerprint density at radius 1 is 1.48 bits per heavy atom. The molecule has 2 rings (SSSR count). The van der Waals surface area contributed by atoms with Crippen LogP contribution in [0.4, 0.5) is 0 Å². The van der Waals surface area contributed by atoms with Crippen molar-refractivity contribution in [1.82, 2.24) is 9.55 Å². The molecule has 1 aliphatic rings. The van der Waals surface area contributed by atoms with Crippen molar-refractivity contribution in [3.05, 3.63) is 32.6 Å². The normalized spacial score (nSPS) is 24.2. The molecule has 21 heavy (non-hydrogen) atoms. The predicted molar refractivity (Wildman–Crippen MR) is 69.1 cm³/mol. The van der Waals surface area contributed by atoms with Crippen molar-refractivity contribution in [2.45, 2.75) is 31.5 Å². The number of carbonyl (C=O) groups is 1. The van der Waals surface area contributed by atoms with E-state index in [0.717, 1.165) is 4.57 Å². The standard InChI is InChI=1S/C10H14N2O6.CH3NO/c13-3-5-2-12(10(17)11-9(5)16)8-1-6(15)7(4-14)18-8;2-1-3/h2,6-8,13-15H,1,3-4H2,(H,11,16,17);1H,(H2,2,3)/t6-,7+,8+;/m0./s1. The summed E-state index contributed by atoms with van der Waals surface area (Å²) in [7, 11) is 0. The first kappa shape index (κ1) is 17.0. The lowest BCUT2D eigenvalue weighted by atomic mass is 10.2. The third-order valence-electron chi connectivity index (χ3n) is 2.91. The van der Waals surface area contributed by atoms with Crippen molar-refractivity contribution in [2.24, 2.45) is 5.73 Å². The number of aromatic amines is 1. The summed E-state index contributed by atoms with van der Waals surface area (Å²) in [5.74, 6) is 0. The minimum absolute atomic E-state index is 0.0279. The zero-order valence-corrected chi connectivity index (χ0v) is 11.0. The number of H-pyrrole nitrogens is 1. The second-order valence-corrected chi connectivity index (χ2v) is 4.23. The maximum atomic E-state index is 11.6. The van der Waals surface area contributed by atoms with Crippen LogP contribution in [0.2, 0.25) is 0 Å². The van der Waals surface area contributed by atoms with Gasteiger partial charge >= 0.3 is 5.69 Å². The highest BCUT2D eigenvalue weighted by Gasteiger charge is 2.35. The Labute approximate surface area is 118 Å². The zero-order chi connectivity index (χ0) is 16.0. The summed E-state index contributed by atoms with van der Waals surface area (Å²) in [6.07, 6.45) is -0.838. The van der Waals surface area contributed by atoms with Gasteiger partial charge in [0.25, 0.3) is 5.56 Å². The molecule has 1 saturated heterocycles. The summed E-state index contributed by atoms with van der Waals surface area (Å²) in [6, 6.07) is 0. The minimum Gasteiger partial charge on any atom is -0.394 e. The van der Waals surface area contributed by atoms with Crippen molar-refractivity contribution < 1.29 is 24.9 Å². The van der Waals surface area contributed by atoms with Crippen LogP contribution in [0.1, 0.15) is 18.2 Å². The Balaban J connectivity index is 0.000000677. The first-order chi connectivity index (χ1) is 9.98. The van der Waals surface area contributed by atoms with Gasteiger partial charge in [-0.15, -0.1) is 0 Å². The number of hydrogen-bond donors (Lipinski definition) is 5. The van der Waals surface area contributed by atoms with E-state index in [1.54, 1.807) is 0 Å². The number of nitrogens with one attached hydrogen (secondary N) is 1. The van der Waals surface area contributed by atoms with Crippen LogP contribution in [-0.2, 0) is 16.1 Å². The van der Waals surface area contributed by atoms with Gasteiger partial charge in [-0.3, -0.25) is 19.1 Å². The number of nitrogens with zero attached hydrogens (tertiary/aromatic N) is 1. The number of nitrogens with two attached hydrogens (primary N) is 1. The van der Waals surface area contributed by atoms with Crippen LogP contribution in [-0.4, -0.2) is 50.1 Å². The highest BCUT2D eigenvalue weighted by atomic mass is 16.5. The number of primary amides is 1. The number of aliphatic hydroxyl groups excluding tert-OH is 3. The first-order valence-corrected chi connectivity index (χ1v) is 6.03. The Kier molecular flexibility index (Phi) is 6.24. The van der Waals surface area contributed by atoms with Gasteiger partial charge in [0.15, 0.2) is 0 Å². The molecule has 1 fully saturated rings. The Morgan fingerprint density at radius 3 is 2.57 bits per heavy atom. The van der Waals surface area contributed by atoms with Crippen molar-refractivity contribution in [1.29, 1.82) is 0 Å². The van der Waals surface area contributed by atoms with E-state index in [1.807, 2.05) is 0 Å². The van der Waals surface area contributed by atoms with Crippen molar-refractivity contribution >= 4 is 6.41 Å². The van der Waals surface area contributed by atoms with E-state index >= 15 is 0 Å². The Bertz CT molecular complexity index is 582. The average molecular weight is 303 g/mol. The van der Waals surface area contributed by atoms with Gasteiger partial charge in [-0.2, -0.15) is 0 Å². The zero-order valence-electron chi connectivity index (χ0n) is 11.0. The molecule has 10 heteroatoms. The minimum atomic E-state index is -0.878. The monoisotopic (exact) mass is 303 g/mol. The summed E-state index contributed by atoms with van der Waals surface area (Å²) >= 11 is 0. The second-order valence-electron chi connectivity index (χ2n) is 4.23. The Hall–Kier alpha value is -2.01. The third-order valence-corrected chi connectivity index (χ3v) is 2.91. The molecule has 2 heterocycles.